The van der Waals surface area contributed by atoms with Gasteiger partial charge < -0.3 is 10.2 Å². The van der Waals surface area contributed by atoms with Gasteiger partial charge in [0.2, 0.25) is 6.29 Å². The summed E-state index contributed by atoms with van der Waals surface area (Å²) in [6.45, 7) is 4.28. The van der Waals surface area contributed by atoms with Gasteiger partial charge in [-0.3, -0.25) is 4.79 Å². The van der Waals surface area contributed by atoms with Crippen LogP contribution in [-0.2, 0) is 4.79 Å². The number of nitrogens with one attached hydrogen (secondary N) is 1. The number of anilines is 2. The number of hydrogen-bond donors (Lipinski definition) is 1. The number of hydrogen-bond acceptors (Lipinski definition) is 3. The zero-order valence-corrected chi connectivity index (χ0v) is 11.5. The maximum atomic E-state index is 10.4. The molecule has 6 heteroatoms. The van der Waals surface area contributed by atoms with Crippen LogP contribution in [0.2, 0.25) is 0 Å². The normalized spacial score (nSPS) is 10.5. The molecule has 0 aromatic heterocycles. The van der Waals surface area contributed by atoms with Crippen LogP contribution in [0.4, 0.5) is 24.5 Å². The lowest BCUT2D eigenvalue weighted by molar-refractivity contribution is -0.156. The van der Waals surface area contributed by atoms with Crippen LogP contribution in [0.5, 0.6) is 0 Å². The van der Waals surface area contributed by atoms with E-state index < -0.39 is 12.5 Å². The highest BCUT2D eigenvalue weighted by molar-refractivity contribution is 5.56. The van der Waals surface area contributed by atoms with Gasteiger partial charge in [-0.1, -0.05) is 0 Å². The average Bonchev–Trinajstić information content (AvgIpc) is 2.28. The standard InChI is InChI=1S/C11H18N2.C2HF3O/c1-9(2)12-10-5-7-11(8-6-10)13(3)4;3-2(4,5)1-6/h5-9,12H,1-4H3;1H. The summed E-state index contributed by atoms with van der Waals surface area (Å²) >= 11 is 0. The van der Waals surface area contributed by atoms with Crippen LogP contribution >= 0.6 is 0 Å². The highest BCUT2D eigenvalue weighted by atomic mass is 19.4. The fourth-order valence-electron chi connectivity index (χ4n) is 1.19. The average molecular weight is 276 g/mol. The molecule has 1 N–H and O–H groups in total. The Hall–Kier alpha value is -1.72. The lowest BCUT2D eigenvalue weighted by atomic mass is 10.2. The molecule has 0 heterocycles. The zero-order valence-electron chi connectivity index (χ0n) is 11.5. The fourth-order valence-corrected chi connectivity index (χ4v) is 1.19. The molecule has 0 atom stereocenters. The largest absolute Gasteiger partial charge is 0.446 e. The Morgan fingerprint density at radius 1 is 1.16 bits per heavy atom. The van der Waals surface area contributed by atoms with Crippen LogP contribution in [0.1, 0.15) is 13.8 Å². The first-order valence-electron chi connectivity index (χ1n) is 5.72. The van der Waals surface area contributed by atoms with Gasteiger partial charge >= 0.3 is 6.18 Å². The fraction of sp³-hybridized carbons (Fsp3) is 0.462. The Balaban J connectivity index is 0.000000459. The highest BCUT2D eigenvalue weighted by Gasteiger charge is 2.24. The molecule has 0 aliphatic rings. The number of alkyl halides is 3. The Bertz CT molecular complexity index is 372. The van der Waals surface area contributed by atoms with Crippen molar-refractivity contribution >= 4 is 17.7 Å². The molecule has 1 aromatic carbocycles. The summed E-state index contributed by atoms with van der Waals surface area (Å²) in [6.07, 6.45) is -5.70. The third-order valence-corrected chi connectivity index (χ3v) is 1.97. The van der Waals surface area contributed by atoms with Gasteiger partial charge in [-0.25, -0.2) is 0 Å². The van der Waals surface area contributed by atoms with Gasteiger partial charge in [0.1, 0.15) is 0 Å². The summed E-state index contributed by atoms with van der Waals surface area (Å²) in [5.41, 5.74) is 2.41. The van der Waals surface area contributed by atoms with Gasteiger partial charge in [-0.15, -0.1) is 0 Å². The Morgan fingerprint density at radius 3 is 1.84 bits per heavy atom. The molecule has 1 aromatic rings. The van der Waals surface area contributed by atoms with E-state index in [2.05, 4.69) is 48.3 Å². The van der Waals surface area contributed by atoms with Gasteiger partial charge in [-0.05, 0) is 38.1 Å². The van der Waals surface area contributed by atoms with Crippen LogP contribution < -0.4 is 10.2 Å². The number of aldehydes is 1. The van der Waals surface area contributed by atoms with Crippen molar-refractivity contribution < 1.29 is 18.0 Å². The molecule has 0 aliphatic heterocycles. The first-order chi connectivity index (χ1) is 8.65. The van der Waals surface area contributed by atoms with E-state index in [0.717, 1.165) is 0 Å². The third kappa shape index (κ3) is 8.93. The quantitative estimate of drug-likeness (QED) is 0.860. The minimum atomic E-state index is -4.64. The topological polar surface area (TPSA) is 32.3 Å². The smallest absolute Gasteiger partial charge is 0.383 e. The van der Waals surface area contributed by atoms with Crippen molar-refractivity contribution in [2.24, 2.45) is 0 Å². The van der Waals surface area contributed by atoms with Crippen molar-refractivity contribution in [2.75, 3.05) is 24.3 Å². The van der Waals surface area contributed by atoms with Gasteiger partial charge in [-0.2, -0.15) is 13.2 Å². The zero-order chi connectivity index (χ0) is 15.1. The van der Waals surface area contributed by atoms with E-state index in [-0.39, 0.29) is 0 Å². The SMILES string of the molecule is CC(C)Nc1ccc(N(C)C)cc1.O=CC(F)(F)F. The lowest BCUT2D eigenvalue weighted by Crippen LogP contribution is -2.11. The number of carbonyl (C=O) groups excluding carboxylic acids is 1. The van der Waals surface area contributed by atoms with Crippen LogP contribution in [0.15, 0.2) is 24.3 Å². The van der Waals surface area contributed by atoms with Gasteiger partial charge in [0, 0.05) is 31.5 Å². The van der Waals surface area contributed by atoms with E-state index in [1.165, 1.54) is 11.4 Å². The molecule has 0 saturated carbocycles. The summed E-state index contributed by atoms with van der Waals surface area (Å²) in [4.78, 5) is 10.8. The molecule has 0 spiro atoms. The van der Waals surface area contributed by atoms with Crippen molar-refractivity contribution in [2.45, 2.75) is 26.1 Å². The maximum absolute atomic E-state index is 10.4. The predicted octanol–water partition coefficient (Wildman–Crippen LogP) is 3.32. The monoisotopic (exact) mass is 276 g/mol. The molecule has 0 aliphatic carbocycles. The minimum absolute atomic E-state index is 0.491. The minimum Gasteiger partial charge on any atom is -0.383 e. The van der Waals surface area contributed by atoms with E-state index in [0.29, 0.717) is 6.04 Å². The molecule has 1 rings (SSSR count). The lowest BCUT2D eigenvalue weighted by Gasteiger charge is -2.14. The predicted molar refractivity (Wildman–Crippen MR) is 71.6 cm³/mol. The van der Waals surface area contributed by atoms with Crippen LogP contribution in [0.25, 0.3) is 0 Å². The summed E-state index contributed by atoms with van der Waals surface area (Å²) in [6, 6.07) is 8.94. The van der Waals surface area contributed by atoms with E-state index >= 15 is 0 Å². The molecule has 0 radical (unpaired) electrons. The second-order valence-electron chi connectivity index (χ2n) is 4.40. The molecule has 0 bridgehead atoms. The Labute approximate surface area is 111 Å². The number of halogens is 3. The van der Waals surface area contributed by atoms with Gasteiger partial charge in [0.25, 0.3) is 0 Å². The first kappa shape index (κ1) is 17.3. The summed E-state index contributed by atoms with van der Waals surface area (Å²) < 4.78 is 31.2. The molecule has 3 nitrogen and oxygen atoms in total. The first-order valence-corrected chi connectivity index (χ1v) is 5.72. The number of carbonyl (C=O) groups is 1. The number of benzene rings is 1. The number of rotatable bonds is 3. The van der Waals surface area contributed by atoms with E-state index in [9.17, 15) is 13.2 Å². The second-order valence-corrected chi connectivity index (χ2v) is 4.40. The number of nitrogens with zero attached hydrogens (tertiary/aromatic N) is 1. The van der Waals surface area contributed by atoms with Crippen LogP contribution in [0, 0.1) is 0 Å². The molecular weight excluding hydrogens is 257 g/mol. The Morgan fingerprint density at radius 2 is 1.58 bits per heavy atom. The van der Waals surface area contributed by atoms with Crippen LogP contribution in [-0.4, -0.2) is 32.6 Å². The van der Waals surface area contributed by atoms with Crippen LogP contribution in [0.3, 0.4) is 0 Å². The molecule has 0 amide bonds. The van der Waals surface area contributed by atoms with Crippen molar-refractivity contribution in [3.05, 3.63) is 24.3 Å². The molecule has 0 unspecified atom stereocenters. The van der Waals surface area contributed by atoms with E-state index in [1.807, 2.05) is 14.1 Å². The van der Waals surface area contributed by atoms with Gasteiger partial charge in [0.15, 0.2) is 0 Å². The van der Waals surface area contributed by atoms with E-state index in [4.69, 9.17) is 4.79 Å². The van der Waals surface area contributed by atoms with Gasteiger partial charge in [0.05, 0.1) is 0 Å². The maximum Gasteiger partial charge on any atom is 0.446 e. The van der Waals surface area contributed by atoms with Crippen molar-refractivity contribution in [1.29, 1.82) is 0 Å². The summed E-state index contributed by atoms with van der Waals surface area (Å²) in [5, 5.41) is 3.35. The second kappa shape index (κ2) is 7.66. The van der Waals surface area contributed by atoms with E-state index in [1.54, 1.807) is 0 Å². The van der Waals surface area contributed by atoms with Crippen molar-refractivity contribution in [3.63, 3.8) is 0 Å². The molecule has 108 valence electrons. The highest BCUT2D eigenvalue weighted by Crippen LogP contribution is 2.15. The molecular formula is C13H19F3N2O. The summed E-state index contributed by atoms with van der Waals surface area (Å²) in [7, 11) is 4.09. The van der Waals surface area contributed by atoms with Crippen molar-refractivity contribution in [1.82, 2.24) is 0 Å². The Kier molecular flexibility index (Phi) is 6.96. The molecule has 19 heavy (non-hydrogen) atoms. The molecule has 0 saturated heterocycles. The third-order valence-electron chi connectivity index (χ3n) is 1.97. The summed E-state index contributed by atoms with van der Waals surface area (Å²) in [5.74, 6) is 0. The molecule has 0 fully saturated rings. The van der Waals surface area contributed by atoms with Crippen molar-refractivity contribution in [3.8, 4) is 0 Å².